The van der Waals surface area contributed by atoms with E-state index in [0.717, 1.165) is 18.4 Å². The van der Waals surface area contributed by atoms with Crippen molar-refractivity contribution in [3.05, 3.63) is 64.7 Å². The third-order valence-electron chi connectivity index (χ3n) is 6.18. The normalized spacial score (nSPS) is 17.2. The van der Waals surface area contributed by atoms with Crippen molar-refractivity contribution in [3.8, 4) is 0 Å². The number of urea groups is 1. The predicted octanol–water partition coefficient (Wildman–Crippen LogP) is 3.97. The number of likely N-dealkylation sites (tertiary alicyclic amines) is 1. The molecule has 1 saturated heterocycles. The highest BCUT2D eigenvalue weighted by Crippen LogP contribution is 2.25. The molecule has 1 aliphatic carbocycles. The van der Waals surface area contributed by atoms with E-state index >= 15 is 0 Å². The van der Waals surface area contributed by atoms with E-state index in [4.69, 9.17) is 11.6 Å². The average molecular weight is 469 g/mol. The largest absolute Gasteiger partial charge is 0.352 e. The Morgan fingerprint density at radius 2 is 1.70 bits per heavy atom. The zero-order chi connectivity index (χ0) is 23.4. The van der Waals surface area contributed by atoms with E-state index in [0.29, 0.717) is 42.2 Å². The molecule has 1 unspecified atom stereocenters. The molecule has 2 aromatic carbocycles. The van der Waals surface area contributed by atoms with Gasteiger partial charge in [0.15, 0.2) is 0 Å². The Hall–Kier alpha value is -3.06. The first-order valence-electron chi connectivity index (χ1n) is 11.4. The quantitative estimate of drug-likeness (QED) is 0.599. The van der Waals surface area contributed by atoms with Gasteiger partial charge < -0.3 is 20.9 Å². The van der Waals surface area contributed by atoms with Crippen LogP contribution in [0.15, 0.2) is 48.5 Å². The highest BCUT2D eigenvalue weighted by Gasteiger charge is 2.36. The summed E-state index contributed by atoms with van der Waals surface area (Å²) < 4.78 is 0. The molecule has 1 aliphatic heterocycles. The number of hydrogen-bond acceptors (Lipinski definition) is 3. The second-order valence-electron chi connectivity index (χ2n) is 8.86. The number of amides is 4. The Labute approximate surface area is 198 Å². The van der Waals surface area contributed by atoms with Gasteiger partial charge in [-0.2, -0.15) is 0 Å². The maximum Gasteiger partial charge on any atom is 0.321 e. The molecule has 33 heavy (non-hydrogen) atoms. The van der Waals surface area contributed by atoms with Crippen molar-refractivity contribution in [3.63, 3.8) is 0 Å². The van der Waals surface area contributed by atoms with Gasteiger partial charge in [-0.05, 0) is 68.9 Å². The molecule has 0 bridgehead atoms. The zero-order valence-electron chi connectivity index (χ0n) is 18.6. The van der Waals surface area contributed by atoms with Gasteiger partial charge in [0.1, 0.15) is 6.04 Å². The molecular formula is C25H29ClN4O3. The molecule has 3 N–H and O–H groups in total. The zero-order valence-corrected chi connectivity index (χ0v) is 19.4. The maximum atomic E-state index is 13.0. The number of carbonyl (C=O) groups is 3. The fourth-order valence-corrected chi connectivity index (χ4v) is 4.24. The summed E-state index contributed by atoms with van der Waals surface area (Å²) in [5.41, 5.74) is 2.24. The summed E-state index contributed by atoms with van der Waals surface area (Å²) >= 11 is 5.99. The molecule has 174 valence electrons. The van der Waals surface area contributed by atoms with E-state index in [1.807, 2.05) is 19.1 Å². The van der Waals surface area contributed by atoms with E-state index < -0.39 is 6.04 Å². The lowest BCUT2D eigenvalue weighted by atomic mass is 9.88. The third kappa shape index (κ3) is 6.26. The van der Waals surface area contributed by atoms with Gasteiger partial charge in [0.2, 0.25) is 5.91 Å². The highest BCUT2D eigenvalue weighted by molar-refractivity contribution is 6.30. The van der Waals surface area contributed by atoms with Crippen molar-refractivity contribution in [2.75, 3.05) is 18.4 Å². The van der Waals surface area contributed by atoms with Gasteiger partial charge in [-0.1, -0.05) is 35.4 Å². The second kappa shape index (κ2) is 10.3. The van der Waals surface area contributed by atoms with Gasteiger partial charge in [-0.3, -0.25) is 9.59 Å². The second-order valence-corrected chi connectivity index (χ2v) is 9.30. The molecule has 2 aliphatic rings. The fraction of sp³-hybridized carbons (Fsp3) is 0.400. The average Bonchev–Trinajstić information content (AvgIpc) is 3.62. The molecule has 0 spiro atoms. The molecule has 7 nitrogen and oxygen atoms in total. The number of nitrogens with zero attached hydrogens (tertiary/aromatic N) is 1. The summed E-state index contributed by atoms with van der Waals surface area (Å²) in [4.78, 5) is 40.2. The van der Waals surface area contributed by atoms with Gasteiger partial charge in [-0.15, -0.1) is 0 Å². The van der Waals surface area contributed by atoms with Crippen LogP contribution in [-0.4, -0.2) is 47.9 Å². The predicted molar refractivity (Wildman–Crippen MR) is 128 cm³/mol. The highest BCUT2D eigenvalue weighted by atomic mass is 35.5. The van der Waals surface area contributed by atoms with Gasteiger partial charge in [0.05, 0.1) is 0 Å². The summed E-state index contributed by atoms with van der Waals surface area (Å²) in [5.74, 6) is -0.444. The number of carbonyl (C=O) groups excluding carboxylic acids is 3. The number of benzene rings is 2. The van der Waals surface area contributed by atoms with E-state index in [1.165, 1.54) is 0 Å². The standard InChI is InChI=1S/C25H29ClN4O3/c1-16-5-7-18(8-6-16)23(31)29-22(24(32)27-20-9-10-20)17-11-13-30(14-12-17)25(33)28-21-4-2-3-19(26)15-21/h2-8,15,17,20,22H,9-14H2,1H3,(H,27,32)(H,28,33)(H,29,31). The van der Waals surface area contributed by atoms with Crippen LogP contribution in [0.25, 0.3) is 0 Å². The molecular weight excluding hydrogens is 440 g/mol. The van der Waals surface area contributed by atoms with Crippen LogP contribution in [0.4, 0.5) is 10.5 Å². The summed E-state index contributed by atoms with van der Waals surface area (Å²) in [6.07, 6.45) is 3.21. The van der Waals surface area contributed by atoms with Crippen LogP contribution in [0.3, 0.4) is 0 Å². The number of piperidine rings is 1. The minimum Gasteiger partial charge on any atom is -0.352 e. The van der Waals surface area contributed by atoms with Crippen molar-refractivity contribution >= 4 is 35.1 Å². The van der Waals surface area contributed by atoms with Crippen LogP contribution in [0.1, 0.15) is 41.6 Å². The Morgan fingerprint density at radius 1 is 1.00 bits per heavy atom. The molecule has 4 rings (SSSR count). The Kier molecular flexibility index (Phi) is 7.18. The number of nitrogens with one attached hydrogen (secondary N) is 3. The number of hydrogen-bond donors (Lipinski definition) is 3. The first-order valence-corrected chi connectivity index (χ1v) is 11.8. The van der Waals surface area contributed by atoms with E-state index in [1.54, 1.807) is 41.3 Å². The first-order chi connectivity index (χ1) is 15.9. The maximum absolute atomic E-state index is 13.0. The number of anilines is 1. The van der Waals surface area contributed by atoms with Crippen LogP contribution >= 0.6 is 11.6 Å². The molecule has 1 saturated carbocycles. The molecule has 1 atom stereocenters. The Bertz CT molecular complexity index is 1010. The number of rotatable bonds is 6. The van der Waals surface area contributed by atoms with Crippen LogP contribution in [0.5, 0.6) is 0 Å². The van der Waals surface area contributed by atoms with Gasteiger partial charge >= 0.3 is 6.03 Å². The monoisotopic (exact) mass is 468 g/mol. The van der Waals surface area contributed by atoms with Crippen molar-refractivity contribution in [1.29, 1.82) is 0 Å². The first kappa shape index (κ1) is 23.1. The van der Waals surface area contributed by atoms with Crippen molar-refractivity contribution < 1.29 is 14.4 Å². The Morgan fingerprint density at radius 3 is 2.33 bits per heavy atom. The summed E-state index contributed by atoms with van der Waals surface area (Å²) in [6.45, 7) is 2.97. The molecule has 0 radical (unpaired) electrons. The SMILES string of the molecule is Cc1ccc(C(=O)NC(C(=O)NC2CC2)C2CCN(C(=O)Nc3cccc(Cl)c3)CC2)cc1. The lowest BCUT2D eigenvalue weighted by Crippen LogP contribution is -2.54. The van der Waals surface area contributed by atoms with Gasteiger partial charge in [-0.25, -0.2) is 4.79 Å². The minimum atomic E-state index is -0.627. The number of halogens is 1. The molecule has 4 amide bonds. The van der Waals surface area contributed by atoms with Gasteiger partial charge in [0.25, 0.3) is 5.91 Å². The van der Waals surface area contributed by atoms with Crippen molar-refractivity contribution in [2.24, 2.45) is 5.92 Å². The fourth-order valence-electron chi connectivity index (χ4n) is 4.05. The van der Waals surface area contributed by atoms with Gasteiger partial charge in [0, 0.05) is 35.4 Å². The molecule has 2 aromatic rings. The van der Waals surface area contributed by atoms with E-state index in [2.05, 4.69) is 16.0 Å². The van der Waals surface area contributed by atoms with Crippen LogP contribution in [0, 0.1) is 12.8 Å². The molecule has 0 aromatic heterocycles. The lowest BCUT2D eigenvalue weighted by Gasteiger charge is -2.35. The third-order valence-corrected chi connectivity index (χ3v) is 6.42. The smallest absolute Gasteiger partial charge is 0.321 e. The Balaban J connectivity index is 1.38. The molecule has 1 heterocycles. The summed E-state index contributed by atoms with van der Waals surface area (Å²) in [5, 5.41) is 9.41. The van der Waals surface area contributed by atoms with Crippen molar-refractivity contribution in [2.45, 2.75) is 44.7 Å². The van der Waals surface area contributed by atoms with E-state index in [-0.39, 0.29) is 29.8 Å². The lowest BCUT2D eigenvalue weighted by molar-refractivity contribution is -0.124. The number of aryl methyl sites for hydroxylation is 1. The van der Waals surface area contributed by atoms with Crippen LogP contribution in [0.2, 0.25) is 5.02 Å². The van der Waals surface area contributed by atoms with Crippen molar-refractivity contribution in [1.82, 2.24) is 15.5 Å². The minimum absolute atomic E-state index is 0.0478. The van der Waals surface area contributed by atoms with Crippen LogP contribution in [-0.2, 0) is 4.79 Å². The topological polar surface area (TPSA) is 90.5 Å². The molecule has 2 fully saturated rings. The summed E-state index contributed by atoms with van der Waals surface area (Å²) in [7, 11) is 0. The van der Waals surface area contributed by atoms with Crippen LogP contribution < -0.4 is 16.0 Å². The summed E-state index contributed by atoms with van der Waals surface area (Å²) in [6, 6.07) is 13.7. The van der Waals surface area contributed by atoms with E-state index in [9.17, 15) is 14.4 Å². The molecule has 8 heteroatoms.